The van der Waals surface area contributed by atoms with Gasteiger partial charge in [0.15, 0.2) is 5.69 Å². The molecule has 0 fully saturated rings. The first-order valence-corrected chi connectivity index (χ1v) is 6.88. The van der Waals surface area contributed by atoms with Crippen molar-refractivity contribution in [3.63, 3.8) is 0 Å². The number of esters is 1. The number of nitrogens with zero attached hydrogens (tertiary/aromatic N) is 3. The van der Waals surface area contributed by atoms with Crippen LogP contribution in [0.25, 0.3) is 6.08 Å². The monoisotopic (exact) mass is 289 g/mol. The molecule has 0 saturated heterocycles. The topological polar surface area (TPSA) is 65.7 Å². The van der Waals surface area contributed by atoms with Crippen molar-refractivity contribution in [1.82, 2.24) is 9.78 Å². The molecule has 0 saturated carbocycles. The maximum atomic E-state index is 12.0. The molecule has 2 heterocycles. The minimum Gasteiger partial charge on any atom is -0.461 e. The summed E-state index contributed by atoms with van der Waals surface area (Å²) >= 11 is 0. The maximum absolute atomic E-state index is 12.0. The van der Waals surface area contributed by atoms with Crippen molar-refractivity contribution >= 4 is 18.3 Å². The summed E-state index contributed by atoms with van der Waals surface area (Å²) in [5.41, 5.74) is 2.00. The van der Waals surface area contributed by atoms with Crippen molar-refractivity contribution < 1.29 is 14.3 Å². The van der Waals surface area contributed by atoms with E-state index in [2.05, 4.69) is 10.1 Å². The maximum Gasteiger partial charge on any atom is 0.359 e. The van der Waals surface area contributed by atoms with Crippen LogP contribution >= 0.6 is 0 Å². The fourth-order valence-corrected chi connectivity index (χ4v) is 2.04. The van der Waals surface area contributed by atoms with Gasteiger partial charge in [0.1, 0.15) is 0 Å². The molecule has 0 unspecified atom stereocenters. The van der Waals surface area contributed by atoms with Gasteiger partial charge in [-0.25, -0.2) is 4.79 Å². The first-order chi connectivity index (χ1) is 10.3. The number of carbonyl (C=O) groups excluding carboxylic acids is 1. The van der Waals surface area contributed by atoms with E-state index in [0.717, 1.165) is 11.3 Å². The number of carbonyl (C=O) groups is 1. The Morgan fingerprint density at radius 1 is 1.48 bits per heavy atom. The van der Waals surface area contributed by atoms with Gasteiger partial charge in [0.05, 0.1) is 32.1 Å². The zero-order valence-corrected chi connectivity index (χ0v) is 12.3. The number of ether oxygens (including phenoxy) is 2. The summed E-state index contributed by atoms with van der Waals surface area (Å²) in [5, 5.41) is 4.34. The Labute approximate surface area is 123 Å². The smallest absolute Gasteiger partial charge is 0.359 e. The quantitative estimate of drug-likeness (QED) is 0.471. The Kier molecular flexibility index (Phi) is 5.45. The largest absolute Gasteiger partial charge is 0.461 e. The van der Waals surface area contributed by atoms with E-state index in [1.165, 1.54) is 0 Å². The third-order valence-corrected chi connectivity index (χ3v) is 2.97. The first kappa shape index (κ1) is 15.2. The standard InChI is InChI=1S/C15H19N3O3/c1-3-21-15(19)14-12(7-5-4-6-8-16-2)13-11-20-10-9-18(13)17-14/h4-8H,3,9-11H2,1-2H3/b6-4-,7-5+,16-8?. The van der Waals surface area contributed by atoms with E-state index in [9.17, 15) is 4.79 Å². The molecule has 6 heteroatoms. The van der Waals surface area contributed by atoms with E-state index >= 15 is 0 Å². The minimum atomic E-state index is -0.404. The van der Waals surface area contributed by atoms with E-state index in [1.54, 1.807) is 20.2 Å². The number of allylic oxidation sites excluding steroid dienone is 3. The highest BCUT2D eigenvalue weighted by Crippen LogP contribution is 2.21. The van der Waals surface area contributed by atoms with Crippen LogP contribution in [0, 0.1) is 0 Å². The zero-order valence-electron chi connectivity index (χ0n) is 12.3. The lowest BCUT2D eigenvalue weighted by molar-refractivity contribution is 0.0516. The van der Waals surface area contributed by atoms with Gasteiger partial charge in [-0.3, -0.25) is 9.67 Å². The van der Waals surface area contributed by atoms with Crippen molar-refractivity contribution in [3.05, 3.63) is 35.2 Å². The van der Waals surface area contributed by atoms with Gasteiger partial charge in [0, 0.05) is 18.8 Å². The lowest BCUT2D eigenvalue weighted by atomic mass is 10.1. The van der Waals surface area contributed by atoms with Crippen LogP contribution in [0.15, 0.2) is 23.2 Å². The molecule has 0 radical (unpaired) electrons. The number of aliphatic imine (C=N–C) groups is 1. The molecular weight excluding hydrogens is 270 g/mol. The van der Waals surface area contributed by atoms with Crippen LogP contribution < -0.4 is 0 Å². The van der Waals surface area contributed by atoms with Crippen molar-refractivity contribution in [1.29, 1.82) is 0 Å². The van der Waals surface area contributed by atoms with E-state index in [1.807, 2.05) is 29.0 Å². The van der Waals surface area contributed by atoms with E-state index in [-0.39, 0.29) is 0 Å². The average Bonchev–Trinajstić information content (AvgIpc) is 2.86. The fraction of sp³-hybridized carbons (Fsp3) is 0.400. The molecule has 21 heavy (non-hydrogen) atoms. The SMILES string of the molecule is CCOC(=O)c1nn2c(c1/C=C/C=C\C=NC)COCC2. The predicted molar refractivity (Wildman–Crippen MR) is 80.4 cm³/mol. The van der Waals surface area contributed by atoms with E-state index in [4.69, 9.17) is 9.47 Å². The van der Waals surface area contributed by atoms with E-state index < -0.39 is 5.97 Å². The van der Waals surface area contributed by atoms with E-state index in [0.29, 0.717) is 32.1 Å². The van der Waals surface area contributed by atoms with Crippen LogP contribution in [0.1, 0.15) is 28.7 Å². The van der Waals surface area contributed by atoms with Gasteiger partial charge < -0.3 is 9.47 Å². The summed E-state index contributed by atoms with van der Waals surface area (Å²) < 4.78 is 12.3. The second-order valence-corrected chi connectivity index (χ2v) is 4.36. The Hall–Kier alpha value is -2.21. The Morgan fingerprint density at radius 3 is 3.10 bits per heavy atom. The molecular formula is C15H19N3O3. The number of hydrogen-bond donors (Lipinski definition) is 0. The lowest BCUT2D eigenvalue weighted by Crippen LogP contribution is -2.17. The number of rotatable bonds is 5. The highest BCUT2D eigenvalue weighted by molar-refractivity contribution is 5.92. The van der Waals surface area contributed by atoms with Crippen molar-refractivity contribution in [3.8, 4) is 0 Å². The molecule has 0 spiro atoms. The van der Waals surface area contributed by atoms with Gasteiger partial charge in [-0.1, -0.05) is 18.2 Å². The molecule has 112 valence electrons. The predicted octanol–water partition coefficient (Wildman–Crippen LogP) is 1.86. The summed E-state index contributed by atoms with van der Waals surface area (Å²) in [4.78, 5) is 15.9. The highest BCUT2D eigenvalue weighted by atomic mass is 16.5. The van der Waals surface area contributed by atoms with Gasteiger partial charge in [-0.05, 0) is 13.0 Å². The summed E-state index contributed by atoms with van der Waals surface area (Å²) in [7, 11) is 1.71. The molecule has 0 amide bonds. The van der Waals surface area contributed by atoms with Crippen LogP contribution in [0.3, 0.4) is 0 Å². The molecule has 1 aromatic heterocycles. The number of hydrogen-bond acceptors (Lipinski definition) is 5. The molecule has 1 aliphatic heterocycles. The van der Waals surface area contributed by atoms with Crippen molar-refractivity contribution in [2.75, 3.05) is 20.3 Å². The second-order valence-electron chi connectivity index (χ2n) is 4.36. The summed E-state index contributed by atoms with van der Waals surface area (Å²) in [6.07, 6.45) is 9.03. The Balaban J connectivity index is 2.31. The first-order valence-electron chi connectivity index (χ1n) is 6.88. The average molecular weight is 289 g/mol. The second kappa shape index (κ2) is 7.54. The van der Waals surface area contributed by atoms with Gasteiger partial charge >= 0.3 is 5.97 Å². The summed E-state index contributed by atoms with van der Waals surface area (Å²) in [6.45, 7) is 3.81. The van der Waals surface area contributed by atoms with Crippen LogP contribution in [-0.2, 0) is 22.6 Å². The number of aromatic nitrogens is 2. The van der Waals surface area contributed by atoms with Gasteiger partial charge in [-0.2, -0.15) is 5.10 Å². The van der Waals surface area contributed by atoms with Crippen LogP contribution in [0.5, 0.6) is 0 Å². The van der Waals surface area contributed by atoms with Gasteiger partial charge in [0.25, 0.3) is 0 Å². The molecule has 0 aromatic carbocycles. The van der Waals surface area contributed by atoms with Crippen molar-refractivity contribution in [2.45, 2.75) is 20.1 Å². The summed E-state index contributed by atoms with van der Waals surface area (Å²) in [6, 6.07) is 0. The van der Waals surface area contributed by atoms with Crippen LogP contribution in [0.4, 0.5) is 0 Å². The fourth-order valence-electron chi connectivity index (χ4n) is 2.04. The molecule has 0 aliphatic carbocycles. The minimum absolute atomic E-state index is 0.327. The van der Waals surface area contributed by atoms with Crippen LogP contribution in [-0.4, -0.2) is 42.2 Å². The third kappa shape index (κ3) is 3.66. The molecule has 2 rings (SSSR count). The zero-order chi connectivity index (χ0) is 15.1. The van der Waals surface area contributed by atoms with Crippen LogP contribution in [0.2, 0.25) is 0 Å². The lowest BCUT2D eigenvalue weighted by Gasteiger charge is -2.14. The number of fused-ring (bicyclic) bond motifs is 1. The normalized spacial score (nSPS) is 15.1. The molecule has 1 aromatic rings. The molecule has 6 nitrogen and oxygen atoms in total. The Morgan fingerprint density at radius 2 is 2.33 bits per heavy atom. The van der Waals surface area contributed by atoms with Crippen molar-refractivity contribution in [2.24, 2.45) is 4.99 Å². The van der Waals surface area contributed by atoms with Gasteiger partial charge in [0.2, 0.25) is 0 Å². The Bertz CT molecular complexity index is 585. The molecule has 1 aliphatic rings. The highest BCUT2D eigenvalue weighted by Gasteiger charge is 2.24. The molecule has 0 N–H and O–H groups in total. The van der Waals surface area contributed by atoms with Gasteiger partial charge in [-0.15, -0.1) is 0 Å². The molecule has 0 atom stereocenters. The summed E-state index contributed by atoms with van der Waals surface area (Å²) in [5.74, 6) is -0.404. The third-order valence-electron chi connectivity index (χ3n) is 2.97. The molecule has 0 bridgehead atoms.